The second kappa shape index (κ2) is 11.1. The lowest BCUT2D eigenvalue weighted by molar-refractivity contribution is 0.107. The summed E-state index contributed by atoms with van der Waals surface area (Å²) >= 11 is 6.49. The average molecular weight is 650 g/mol. The van der Waals surface area contributed by atoms with Crippen LogP contribution in [0.2, 0.25) is 0 Å². The molecular weight excluding hydrogens is 619 g/mol. The van der Waals surface area contributed by atoms with E-state index in [9.17, 15) is 13.9 Å². The monoisotopic (exact) mass is 649 g/mol. The molecule has 46 heavy (non-hydrogen) atoms. The highest BCUT2D eigenvalue weighted by molar-refractivity contribution is 6.21. The van der Waals surface area contributed by atoms with Crippen molar-refractivity contribution in [2.75, 3.05) is 37.7 Å². The number of aromatic hydroxyl groups is 1. The number of hydrogen-bond acceptors (Lipinski definition) is 8. The fraction of sp³-hybridized carbons (Fsp3) is 0.441. The van der Waals surface area contributed by atoms with Crippen LogP contribution in [0.1, 0.15) is 44.1 Å². The number of terminal acetylenes is 1. The van der Waals surface area contributed by atoms with Crippen molar-refractivity contribution in [3.8, 4) is 41.2 Å². The summed E-state index contributed by atoms with van der Waals surface area (Å²) in [7, 11) is 0. The molecule has 1 unspecified atom stereocenters. The number of ether oxygens (including phenoxy) is 2. The van der Waals surface area contributed by atoms with Crippen molar-refractivity contribution in [1.29, 1.82) is 0 Å². The van der Waals surface area contributed by atoms with Crippen molar-refractivity contribution < 1.29 is 27.8 Å². The van der Waals surface area contributed by atoms with Crippen LogP contribution in [0.3, 0.4) is 0 Å². The first-order valence-corrected chi connectivity index (χ1v) is 16.1. The second-order valence-electron chi connectivity index (χ2n) is 12.8. The van der Waals surface area contributed by atoms with Gasteiger partial charge in [-0.25, -0.2) is 18.2 Å². The topological polar surface area (TPSA) is 83.8 Å². The van der Waals surface area contributed by atoms with Gasteiger partial charge >= 0.3 is 6.01 Å². The molecule has 4 aliphatic rings. The molecule has 8 rings (SSSR count). The van der Waals surface area contributed by atoms with Crippen LogP contribution in [-0.2, 0) is 0 Å². The minimum absolute atomic E-state index is 0.0408. The molecule has 0 aliphatic carbocycles. The van der Waals surface area contributed by atoms with E-state index in [0.29, 0.717) is 36.1 Å². The molecule has 238 valence electrons. The first-order chi connectivity index (χ1) is 22.2. The highest BCUT2D eigenvalue weighted by Gasteiger charge is 2.52. The number of phenolic OH excluding ortho intramolecular Hbond substituents is 1. The number of phenols is 1. The third-order valence-corrected chi connectivity index (χ3v) is 10.2. The Kier molecular flexibility index (Phi) is 7.07. The third-order valence-electron chi connectivity index (χ3n) is 9.91. The molecule has 0 radical (unpaired) electrons. The molecule has 3 fully saturated rings. The molecule has 4 aromatic rings. The van der Waals surface area contributed by atoms with Crippen molar-refractivity contribution in [1.82, 2.24) is 19.9 Å². The Bertz CT molecular complexity index is 1920. The normalized spacial score (nSPS) is 25.9. The number of aromatic nitrogens is 3. The Morgan fingerprint density at radius 2 is 1.98 bits per heavy atom. The van der Waals surface area contributed by atoms with E-state index in [1.165, 1.54) is 24.3 Å². The molecule has 3 saturated heterocycles. The third kappa shape index (κ3) is 4.68. The molecule has 1 N–H and O–H groups in total. The van der Waals surface area contributed by atoms with E-state index in [1.54, 1.807) is 0 Å². The molecule has 6 heterocycles. The molecule has 2 aromatic heterocycles. The SMILES string of the molecule is C#Cc1c(F)ccc2cc(O)cc(-c3nc4c5c(nc(OC[C@@]67CC(Cl)CN6C[C@H](F)C7)nc5c3F)N3CCCCC[C@H]3CO4)c12. The summed E-state index contributed by atoms with van der Waals surface area (Å²) in [6, 6.07) is 5.31. The van der Waals surface area contributed by atoms with E-state index in [0.717, 1.165) is 25.7 Å². The van der Waals surface area contributed by atoms with Gasteiger partial charge in [0.05, 0.1) is 17.1 Å². The summed E-state index contributed by atoms with van der Waals surface area (Å²) in [5.41, 5.74) is -0.889. The van der Waals surface area contributed by atoms with E-state index in [2.05, 4.69) is 20.8 Å². The van der Waals surface area contributed by atoms with Gasteiger partial charge in [-0.3, -0.25) is 4.90 Å². The quantitative estimate of drug-likeness (QED) is 0.209. The van der Waals surface area contributed by atoms with Gasteiger partial charge in [-0.1, -0.05) is 24.8 Å². The summed E-state index contributed by atoms with van der Waals surface area (Å²) in [5.74, 6) is 1.29. The maximum atomic E-state index is 17.0. The van der Waals surface area contributed by atoms with Crippen LogP contribution in [0, 0.1) is 24.0 Å². The van der Waals surface area contributed by atoms with E-state index in [-0.39, 0.29) is 83.0 Å². The summed E-state index contributed by atoms with van der Waals surface area (Å²) < 4.78 is 59.0. The smallest absolute Gasteiger partial charge is 0.319 e. The number of nitrogens with zero attached hydrogens (tertiary/aromatic N) is 5. The van der Waals surface area contributed by atoms with Crippen LogP contribution >= 0.6 is 11.6 Å². The summed E-state index contributed by atoms with van der Waals surface area (Å²) in [6.07, 6.45) is 9.37. The lowest BCUT2D eigenvalue weighted by Crippen LogP contribution is -2.43. The average Bonchev–Trinajstić information content (AvgIpc) is 3.29. The zero-order chi connectivity index (χ0) is 31.7. The summed E-state index contributed by atoms with van der Waals surface area (Å²) in [4.78, 5) is 18.2. The number of pyridine rings is 1. The number of halogens is 4. The predicted molar refractivity (Wildman–Crippen MR) is 168 cm³/mol. The zero-order valence-electron chi connectivity index (χ0n) is 24.9. The highest BCUT2D eigenvalue weighted by Crippen LogP contribution is 2.45. The summed E-state index contributed by atoms with van der Waals surface area (Å²) in [5, 5.41) is 11.4. The first kappa shape index (κ1) is 29.4. The minimum Gasteiger partial charge on any atom is -0.508 e. The van der Waals surface area contributed by atoms with E-state index in [1.807, 2.05) is 4.90 Å². The van der Waals surface area contributed by atoms with Crippen molar-refractivity contribution in [3.63, 3.8) is 0 Å². The van der Waals surface area contributed by atoms with Crippen LogP contribution < -0.4 is 14.4 Å². The lowest BCUT2D eigenvalue weighted by Gasteiger charge is -2.31. The molecule has 8 nitrogen and oxygen atoms in total. The molecular formula is C34H31ClF3N5O3. The number of anilines is 1. The Labute approximate surface area is 268 Å². The largest absolute Gasteiger partial charge is 0.508 e. The van der Waals surface area contributed by atoms with Gasteiger partial charge in [0.1, 0.15) is 53.4 Å². The van der Waals surface area contributed by atoms with Gasteiger partial charge < -0.3 is 19.5 Å². The van der Waals surface area contributed by atoms with Gasteiger partial charge in [-0.15, -0.1) is 18.0 Å². The molecule has 12 heteroatoms. The highest BCUT2D eigenvalue weighted by atomic mass is 35.5. The Hall–Kier alpha value is -4.01. The number of rotatable bonds is 4. The molecule has 2 aromatic carbocycles. The Morgan fingerprint density at radius 1 is 1.11 bits per heavy atom. The molecule has 0 bridgehead atoms. The fourth-order valence-electron chi connectivity index (χ4n) is 7.86. The van der Waals surface area contributed by atoms with Gasteiger partial charge in [0, 0.05) is 42.4 Å². The second-order valence-corrected chi connectivity index (χ2v) is 13.4. The first-order valence-electron chi connectivity index (χ1n) is 15.6. The van der Waals surface area contributed by atoms with Gasteiger partial charge in [-0.05, 0) is 42.8 Å². The van der Waals surface area contributed by atoms with Gasteiger partial charge in [0.25, 0.3) is 0 Å². The number of hydrogen-bond donors (Lipinski definition) is 1. The summed E-state index contributed by atoms with van der Waals surface area (Å²) in [6.45, 7) is 1.91. The van der Waals surface area contributed by atoms with Gasteiger partial charge in [-0.2, -0.15) is 9.97 Å². The minimum atomic E-state index is -0.992. The maximum absolute atomic E-state index is 17.0. The van der Waals surface area contributed by atoms with Crippen LogP contribution in [-0.4, -0.2) is 80.9 Å². The van der Waals surface area contributed by atoms with E-state index >= 15 is 4.39 Å². The molecule has 0 saturated carbocycles. The molecule has 4 atom stereocenters. The van der Waals surface area contributed by atoms with E-state index in [4.69, 9.17) is 32.5 Å². The van der Waals surface area contributed by atoms with Crippen LogP contribution in [0.25, 0.3) is 32.9 Å². The van der Waals surface area contributed by atoms with Crippen LogP contribution in [0.4, 0.5) is 19.0 Å². The number of fused-ring (bicyclic) bond motifs is 4. The lowest BCUT2D eigenvalue weighted by atomic mass is 9.94. The van der Waals surface area contributed by atoms with Crippen molar-refractivity contribution >= 4 is 39.1 Å². The molecule has 0 spiro atoms. The molecule has 0 amide bonds. The number of benzene rings is 2. The van der Waals surface area contributed by atoms with Crippen molar-refractivity contribution in [3.05, 3.63) is 41.5 Å². The van der Waals surface area contributed by atoms with E-state index < -0.39 is 23.3 Å². The zero-order valence-corrected chi connectivity index (χ0v) is 25.7. The fourth-order valence-corrected chi connectivity index (χ4v) is 8.31. The van der Waals surface area contributed by atoms with Crippen molar-refractivity contribution in [2.45, 2.75) is 61.7 Å². The van der Waals surface area contributed by atoms with Gasteiger partial charge in [0.15, 0.2) is 5.82 Å². The van der Waals surface area contributed by atoms with Crippen molar-refractivity contribution in [2.24, 2.45) is 0 Å². The standard InChI is InChI=1S/C34H31ClF3N5O3/c1-2-23-25(37)8-7-18-10-22(44)11-24(26(18)23)29-28(38)30-27-31(43-9-5-3-4-6-21(43)16-45-32(27)39-29)41-33(40-30)46-17-34-12-19(35)14-42(34)15-20(36)13-34/h1,7-8,10-11,19-21,44H,3-6,9,12-17H2/t19?,20-,21+,34+/m1/s1. The van der Waals surface area contributed by atoms with Gasteiger partial charge in [0.2, 0.25) is 5.88 Å². The van der Waals surface area contributed by atoms with Crippen LogP contribution in [0.5, 0.6) is 17.6 Å². The predicted octanol–water partition coefficient (Wildman–Crippen LogP) is 6.12. The maximum Gasteiger partial charge on any atom is 0.319 e. The molecule has 4 aliphatic heterocycles. The number of alkyl halides is 2. The Morgan fingerprint density at radius 3 is 2.83 bits per heavy atom. The van der Waals surface area contributed by atoms with Crippen LogP contribution in [0.15, 0.2) is 24.3 Å². The Balaban J connectivity index is 1.33.